The van der Waals surface area contributed by atoms with Gasteiger partial charge in [-0.25, -0.2) is 0 Å². The minimum Gasteiger partial charge on any atom is -0.454 e. The first kappa shape index (κ1) is 13.8. The van der Waals surface area contributed by atoms with Crippen LogP contribution < -0.4 is 14.8 Å². The second kappa shape index (κ2) is 5.78. The van der Waals surface area contributed by atoms with Crippen LogP contribution in [0.2, 0.25) is 0 Å². The molecule has 0 radical (unpaired) electrons. The topological polar surface area (TPSA) is 66.0 Å². The smallest absolute Gasteiger partial charge is 0.251 e. The summed E-state index contributed by atoms with van der Waals surface area (Å²) < 4.78 is 22.0. The SMILES string of the molecule is O=C(NC1CCC2OCCOC2C1)c1ccc2c(c1)OCO2. The molecule has 4 rings (SSSR count). The van der Waals surface area contributed by atoms with Crippen LogP contribution in [0, 0.1) is 0 Å². The highest BCUT2D eigenvalue weighted by molar-refractivity contribution is 5.95. The fourth-order valence-electron chi connectivity index (χ4n) is 3.30. The van der Waals surface area contributed by atoms with Crippen LogP contribution in [0.1, 0.15) is 29.6 Å². The van der Waals surface area contributed by atoms with Crippen molar-refractivity contribution in [1.82, 2.24) is 5.32 Å². The Kier molecular flexibility index (Phi) is 3.63. The molecule has 2 fully saturated rings. The van der Waals surface area contributed by atoms with Gasteiger partial charge < -0.3 is 24.3 Å². The first-order chi connectivity index (χ1) is 10.8. The third kappa shape index (κ3) is 2.64. The van der Waals surface area contributed by atoms with E-state index in [1.807, 2.05) is 0 Å². The Labute approximate surface area is 128 Å². The van der Waals surface area contributed by atoms with Crippen molar-refractivity contribution in [3.63, 3.8) is 0 Å². The molecular weight excluding hydrogens is 286 g/mol. The summed E-state index contributed by atoms with van der Waals surface area (Å²) in [7, 11) is 0. The number of fused-ring (bicyclic) bond motifs is 2. The first-order valence-corrected chi connectivity index (χ1v) is 7.73. The van der Waals surface area contributed by atoms with Crippen molar-refractivity contribution in [1.29, 1.82) is 0 Å². The van der Waals surface area contributed by atoms with E-state index in [0.29, 0.717) is 30.3 Å². The lowest BCUT2D eigenvalue weighted by Crippen LogP contribution is -2.49. The molecule has 1 aromatic carbocycles. The Morgan fingerprint density at radius 1 is 1.05 bits per heavy atom. The van der Waals surface area contributed by atoms with Gasteiger partial charge in [0.1, 0.15) is 0 Å². The van der Waals surface area contributed by atoms with Gasteiger partial charge in [0.25, 0.3) is 5.91 Å². The van der Waals surface area contributed by atoms with Crippen molar-refractivity contribution in [3.05, 3.63) is 23.8 Å². The Morgan fingerprint density at radius 2 is 1.86 bits per heavy atom. The molecule has 3 aliphatic rings. The fourth-order valence-corrected chi connectivity index (χ4v) is 3.30. The molecule has 0 bridgehead atoms. The second-order valence-electron chi connectivity index (χ2n) is 5.87. The summed E-state index contributed by atoms with van der Waals surface area (Å²) in [5, 5.41) is 3.09. The lowest BCUT2D eigenvalue weighted by atomic mass is 9.89. The molecule has 1 amide bonds. The third-order valence-corrected chi connectivity index (χ3v) is 4.45. The summed E-state index contributed by atoms with van der Waals surface area (Å²) in [6.07, 6.45) is 2.94. The van der Waals surface area contributed by atoms with E-state index in [1.165, 1.54) is 0 Å². The van der Waals surface area contributed by atoms with Gasteiger partial charge in [-0.3, -0.25) is 4.79 Å². The van der Waals surface area contributed by atoms with Crippen molar-refractivity contribution in [3.8, 4) is 11.5 Å². The molecule has 0 spiro atoms. The van der Waals surface area contributed by atoms with Crippen LogP contribution in [0.4, 0.5) is 0 Å². The molecule has 6 nitrogen and oxygen atoms in total. The van der Waals surface area contributed by atoms with E-state index in [-0.39, 0.29) is 30.9 Å². The van der Waals surface area contributed by atoms with Crippen molar-refractivity contribution in [2.45, 2.75) is 37.5 Å². The minimum atomic E-state index is -0.0847. The number of hydrogen-bond donors (Lipinski definition) is 1. The Bertz CT molecular complexity index is 576. The highest BCUT2D eigenvalue weighted by Gasteiger charge is 2.34. The number of ether oxygens (including phenoxy) is 4. The zero-order valence-electron chi connectivity index (χ0n) is 12.2. The van der Waals surface area contributed by atoms with Crippen LogP contribution in [0.15, 0.2) is 18.2 Å². The van der Waals surface area contributed by atoms with Crippen molar-refractivity contribution in [2.24, 2.45) is 0 Å². The van der Waals surface area contributed by atoms with Gasteiger partial charge in [-0.1, -0.05) is 0 Å². The summed E-state index contributed by atoms with van der Waals surface area (Å²) >= 11 is 0. The molecule has 2 aliphatic heterocycles. The van der Waals surface area contributed by atoms with Crippen LogP contribution in [0.3, 0.4) is 0 Å². The van der Waals surface area contributed by atoms with E-state index >= 15 is 0 Å². The molecule has 1 aromatic rings. The Hall–Kier alpha value is -1.79. The maximum atomic E-state index is 12.4. The third-order valence-electron chi connectivity index (χ3n) is 4.45. The van der Waals surface area contributed by atoms with Gasteiger partial charge in [-0.05, 0) is 37.5 Å². The Balaban J connectivity index is 1.39. The van der Waals surface area contributed by atoms with Crippen molar-refractivity contribution >= 4 is 5.91 Å². The quantitative estimate of drug-likeness (QED) is 0.896. The number of carbonyl (C=O) groups excluding carboxylic acids is 1. The summed E-state index contributed by atoms with van der Waals surface area (Å²) in [5.41, 5.74) is 0.590. The molecule has 2 heterocycles. The Morgan fingerprint density at radius 3 is 2.77 bits per heavy atom. The van der Waals surface area contributed by atoms with Crippen LogP contribution >= 0.6 is 0 Å². The van der Waals surface area contributed by atoms with Crippen molar-refractivity contribution < 1.29 is 23.7 Å². The monoisotopic (exact) mass is 305 g/mol. The maximum Gasteiger partial charge on any atom is 0.251 e. The lowest BCUT2D eigenvalue weighted by molar-refractivity contribution is -0.157. The summed E-state index contributed by atoms with van der Waals surface area (Å²) in [5.74, 6) is 1.23. The predicted molar refractivity (Wildman–Crippen MR) is 77.2 cm³/mol. The summed E-state index contributed by atoms with van der Waals surface area (Å²) in [6.45, 7) is 1.53. The van der Waals surface area contributed by atoms with Gasteiger partial charge in [-0.15, -0.1) is 0 Å². The van der Waals surface area contributed by atoms with Gasteiger partial charge in [0, 0.05) is 11.6 Å². The average Bonchev–Trinajstić information content (AvgIpc) is 3.02. The van der Waals surface area contributed by atoms with Crippen molar-refractivity contribution in [2.75, 3.05) is 20.0 Å². The van der Waals surface area contributed by atoms with Gasteiger partial charge in [-0.2, -0.15) is 0 Å². The van der Waals surface area contributed by atoms with Crippen LogP contribution in [0.25, 0.3) is 0 Å². The molecule has 118 valence electrons. The molecule has 1 aliphatic carbocycles. The van der Waals surface area contributed by atoms with E-state index in [9.17, 15) is 4.79 Å². The normalized spacial score (nSPS) is 29.7. The predicted octanol–water partition coefficient (Wildman–Crippen LogP) is 1.48. The molecule has 3 unspecified atom stereocenters. The van der Waals surface area contributed by atoms with Crippen LogP contribution in [-0.4, -0.2) is 44.2 Å². The highest BCUT2D eigenvalue weighted by Crippen LogP contribution is 2.33. The van der Waals surface area contributed by atoms with Gasteiger partial charge in [0.2, 0.25) is 6.79 Å². The van der Waals surface area contributed by atoms with Crippen LogP contribution in [0.5, 0.6) is 11.5 Å². The van der Waals surface area contributed by atoms with Gasteiger partial charge in [0.05, 0.1) is 25.4 Å². The van der Waals surface area contributed by atoms with E-state index in [0.717, 1.165) is 19.3 Å². The zero-order chi connectivity index (χ0) is 14.9. The van der Waals surface area contributed by atoms with Gasteiger partial charge in [0.15, 0.2) is 11.5 Å². The first-order valence-electron chi connectivity index (χ1n) is 7.73. The molecule has 3 atom stereocenters. The van der Waals surface area contributed by atoms with Gasteiger partial charge >= 0.3 is 0 Å². The number of amides is 1. The fraction of sp³-hybridized carbons (Fsp3) is 0.562. The lowest BCUT2D eigenvalue weighted by Gasteiger charge is -2.39. The standard InChI is InChI=1S/C16H19NO5/c18-16(10-1-3-13-14(7-10)22-9-21-13)17-11-2-4-12-15(8-11)20-6-5-19-12/h1,3,7,11-12,15H,2,4-6,8-9H2,(H,17,18). The van der Waals surface area contributed by atoms with E-state index < -0.39 is 0 Å². The molecular formula is C16H19NO5. The number of carbonyl (C=O) groups is 1. The van der Waals surface area contributed by atoms with E-state index in [1.54, 1.807) is 18.2 Å². The second-order valence-corrected chi connectivity index (χ2v) is 5.87. The zero-order valence-corrected chi connectivity index (χ0v) is 12.2. The molecule has 22 heavy (non-hydrogen) atoms. The number of rotatable bonds is 2. The average molecular weight is 305 g/mol. The van der Waals surface area contributed by atoms with Crippen LogP contribution in [-0.2, 0) is 9.47 Å². The molecule has 1 saturated heterocycles. The summed E-state index contributed by atoms with van der Waals surface area (Å²) in [4.78, 5) is 12.4. The highest BCUT2D eigenvalue weighted by atomic mass is 16.7. The maximum absolute atomic E-state index is 12.4. The number of benzene rings is 1. The molecule has 1 saturated carbocycles. The van der Waals surface area contributed by atoms with E-state index in [2.05, 4.69) is 5.32 Å². The minimum absolute atomic E-state index is 0.0847. The largest absolute Gasteiger partial charge is 0.454 e. The number of nitrogens with one attached hydrogen (secondary N) is 1. The van der Waals surface area contributed by atoms with E-state index in [4.69, 9.17) is 18.9 Å². The summed E-state index contributed by atoms with van der Waals surface area (Å²) in [6, 6.07) is 5.38. The number of hydrogen-bond acceptors (Lipinski definition) is 5. The molecule has 1 N–H and O–H groups in total. The molecule has 6 heteroatoms. The molecule has 0 aromatic heterocycles.